The topological polar surface area (TPSA) is 4.93 Å². The molecule has 0 unspecified atom stereocenters. The van der Waals surface area contributed by atoms with Crippen LogP contribution in [0.2, 0.25) is 0 Å². The number of nitrogens with zero attached hydrogens (tertiary/aromatic N) is 1. The van der Waals surface area contributed by atoms with Crippen molar-refractivity contribution in [1.29, 1.82) is 0 Å². The molecule has 0 aliphatic rings. The van der Waals surface area contributed by atoms with E-state index in [0.29, 0.717) is 0 Å². The Bertz CT molecular complexity index is 660. The molecule has 88 valence electrons. The Morgan fingerprint density at radius 1 is 1.18 bits per heavy atom. The fourth-order valence-corrected chi connectivity index (χ4v) is 3.40. The molecule has 0 amide bonds. The van der Waals surface area contributed by atoms with Crippen molar-refractivity contribution in [3.05, 3.63) is 35.2 Å². The largest absolute Gasteiger partial charge is 0.335 e. The summed E-state index contributed by atoms with van der Waals surface area (Å²) < 4.78 is 2.30. The number of fused-ring (bicyclic) bond motifs is 3. The molecule has 0 bridgehead atoms. The van der Waals surface area contributed by atoms with E-state index in [-0.39, 0.29) is 0 Å². The summed E-state index contributed by atoms with van der Waals surface area (Å²) in [7, 11) is 2.16. The minimum Gasteiger partial charge on any atom is -0.335 e. The summed E-state index contributed by atoms with van der Waals surface area (Å²) in [5.41, 5.74) is 2.82. The summed E-state index contributed by atoms with van der Waals surface area (Å²) in [4.78, 5) is 1.38. The number of unbranched alkanes of at least 4 members (excludes halogenated alkanes) is 1. The first-order valence-electron chi connectivity index (χ1n) is 6.25. The smallest absolute Gasteiger partial charge is 0.103 e. The normalized spacial score (nSPS) is 11.6. The van der Waals surface area contributed by atoms with E-state index >= 15 is 0 Å². The van der Waals surface area contributed by atoms with Crippen LogP contribution in [0.25, 0.3) is 21.1 Å². The van der Waals surface area contributed by atoms with Gasteiger partial charge in [-0.05, 0) is 42.0 Å². The van der Waals surface area contributed by atoms with Crippen LogP contribution in [0.5, 0.6) is 0 Å². The second-order valence-corrected chi connectivity index (χ2v) is 5.55. The molecule has 0 fully saturated rings. The Morgan fingerprint density at radius 3 is 2.88 bits per heavy atom. The maximum Gasteiger partial charge on any atom is 0.103 e. The van der Waals surface area contributed by atoms with Crippen LogP contribution < -0.4 is 0 Å². The molecule has 0 spiro atoms. The summed E-state index contributed by atoms with van der Waals surface area (Å²) in [5, 5.41) is 5.01. The van der Waals surface area contributed by atoms with Crippen LogP contribution in [0.15, 0.2) is 29.6 Å². The van der Waals surface area contributed by atoms with Gasteiger partial charge in [-0.25, -0.2) is 0 Å². The van der Waals surface area contributed by atoms with Gasteiger partial charge in [0.2, 0.25) is 0 Å². The third-order valence-corrected chi connectivity index (χ3v) is 4.47. The maximum absolute atomic E-state index is 2.38. The fraction of sp³-hybridized carbons (Fsp3) is 0.333. The summed E-state index contributed by atoms with van der Waals surface area (Å²) in [6.45, 7) is 2.25. The monoisotopic (exact) mass is 243 g/mol. The third-order valence-electron chi connectivity index (χ3n) is 3.48. The molecule has 0 atom stereocenters. The molecular formula is C15H17NS. The lowest BCUT2D eigenvalue weighted by molar-refractivity contribution is 0.796. The van der Waals surface area contributed by atoms with E-state index in [9.17, 15) is 0 Å². The predicted molar refractivity (Wildman–Crippen MR) is 76.9 cm³/mol. The average Bonchev–Trinajstić information content (AvgIpc) is 2.91. The first kappa shape index (κ1) is 10.8. The molecule has 17 heavy (non-hydrogen) atoms. The molecule has 1 aromatic carbocycles. The van der Waals surface area contributed by atoms with Crippen LogP contribution in [0.3, 0.4) is 0 Å². The highest BCUT2D eigenvalue weighted by Gasteiger charge is 2.09. The third kappa shape index (κ3) is 1.67. The van der Waals surface area contributed by atoms with Crippen LogP contribution in [0, 0.1) is 0 Å². The van der Waals surface area contributed by atoms with Gasteiger partial charge in [0.1, 0.15) is 4.83 Å². The van der Waals surface area contributed by atoms with Gasteiger partial charge in [0.25, 0.3) is 0 Å². The van der Waals surface area contributed by atoms with Crippen LogP contribution in [-0.4, -0.2) is 4.57 Å². The molecule has 0 aliphatic carbocycles. The van der Waals surface area contributed by atoms with Gasteiger partial charge in [-0.3, -0.25) is 0 Å². The van der Waals surface area contributed by atoms with E-state index in [1.807, 2.05) is 11.3 Å². The molecule has 0 saturated heterocycles. The van der Waals surface area contributed by atoms with Gasteiger partial charge in [0.05, 0.1) is 0 Å². The molecule has 0 saturated carbocycles. The van der Waals surface area contributed by atoms with Gasteiger partial charge in [-0.1, -0.05) is 19.4 Å². The highest BCUT2D eigenvalue weighted by atomic mass is 32.1. The summed E-state index contributed by atoms with van der Waals surface area (Å²) in [6.07, 6.45) is 3.75. The van der Waals surface area contributed by atoms with Crippen molar-refractivity contribution >= 4 is 32.5 Å². The number of aromatic nitrogens is 1. The Morgan fingerprint density at radius 2 is 2.06 bits per heavy atom. The van der Waals surface area contributed by atoms with Crippen molar-refractivity contribution in [2.24, 2.45) is 7.05 Å². The number of hydrogen-bond acceptors (Lipinski definition) is 1. The molecule has 0 aliphatic heterocycles. The predicted octanol–water partition coefficient (Wildman–Crippen LogP) is 4.74. The Labute approximate surface area is 106 Å². The molecule has 2 heteroatoms. The summed E-state index contributed by atoms with van der Waals surface area (Å²) in [5.74, 6) is 0. The molecule has 2 heterocycles. The van der Waals surface area contributed by atoms with Gasteiger partial charge < -0.3 is 4.57 Å². The van der Waals surface area contributed by atoms with Crippen LogP contribution in [-0.2, 0) is 13.5 Å². The van der Waals surface area contributed by atoms with Gasteiger partial charge >= 0.3 is 0 Å². The molecule has 3 aromatic rings. The molecule has 0 radical (unpaired) electrons. The summed E-state index contributed by atoms with van der Waals surface area (Å²) in [6, 6.07) is 9.17. The van der Waals surface area contributed by atoms with Crippen LogP contribution >= 0.6 is 11.3 Å². The lowest BCUT2D eigenvalue weighted by atomic mass is 10.1. The molecule has 2 aromatic heterocycles. The molecule has 1 nitrogen and oxygen atoms in total. The Hall–Kier alpha value is -1.28. The first-order valence-corrected chi connectivity index (χ1v) is 7.13. The average molecular weight is 243 g/mol. The van der Waals surface area contributed by atoms with Crippen molar-refractivity contribution in [2.75, 3.05) is 0 Å². The highest BCUT2D eigenvalue weighted by molar-refractivity contribution is 7.17. The number of thiophene rings is 1. The van der Waals surface area contributed by atoms with Crippen LogP contribution in [0.4, 0.5) is 0 Å². The number of rotatable bonds is 3. The SMILES string of the molecule is CCCCc1ccc2c(c1)c1ccsc1n2C. The van der Waals surface area contributed by atoms with Gasteiger partial charge in [-0.15, -0.1) is 11.3 Å². The van der Waals surface area contributed by atoms with Gasteiger partial charge in [0.15, 0.2) is 0 Å². The Kier molecular flexibility index (Phi) is 2.67. The standard InChI is InChI=1S/C15H17NS/c1-3-4-5-11-6-7-14-13(10-11)12-8-9-17-15(12)16(14)2/h6-10H,3-5H2,1-2H3. The van der Waals surface area contributed by atoms with Gasteiger partial charge in [0, 0.05) is 23.3 Å². The zero-order chi connectivity index (χ0) is 11.8. The second kappa shape index (κ2) is 4.19. The molecular weight excluding hydrogens is 226 g/mol. The lowest BCUT2D eigenvalue weighted by Crippen LogP contribution is -1.87. The van der Waals surface area contributed by atoms with Crippen LogP contribution in [0.1, 0.15) is 25.3 Å². The molecule has 0 N–H and O–H groups in total. The number of hydrogen-bond donors (Lipinski definition) is 0. The highest BCUT2D eigenvalue weighted by Crippen LogP contribution is 2.32. The van der Waals surface area contributed by atoms with E-state index < -0.39 is 0 Å². The minimum atomic E-state index is 1.20. The van der Waals surface area contributed by atoms with E-state index in [1.54, 1.807) is 0 Å². The van der Waals surface area contributed by atoms with E-state index in [0.717, 1.165) is 0 Å². The first-order chi connectivity index (χ1) is 8.31. The summed E-state index contributed by atoms with van der Waals surface area (Å²) >= 11 is 1.83. The Balaban J connectivity index is 2.19. The second-order valence-electron chi connectivity index (χ2n) is 4.65. The lowest BCUT2D eigenvalue weighted by Gasteiger charge is -2.01. The van der Waals surface area contributed by atoms with Crippen molar-refractivity contribution in [1.82, 2.24) is 4.57 Å². The van der Waals surface area contributed by atoms with Crippen molar-refractivity contribution in [2.45, 2.75) is 26.2 Å². The van der Waals surface area contributed by atoms with E-state index in [4.69, 9.17) is 0 Å². The van der Waals surface area contributed by atoms with Crippen molar-refractivity contribution in [3.63, 3.8) is 0 Å². The van der Waals surface area contributed by atoms with E-state index in [1.165, 1.54) is 45.9 Å². The number of aryl methyl sites for hydroxylation is 2. The minimum absolute atomic E-state index is 1.20. The number of benzene rings is 1. The fourth-order valence-electron chi connectivity index (χ4n) is 2.50. The van der Waals surface area contributed by atoms with Crippen molar-refractivity contribution in [3.8, 4) is 0 Å². The van der Waals surface area contributed by atoms with Gasteiger partial charge in [-0.2, -0.15) is 0 Å². The van der Waals surface area contributed by atoms with E-state index in [2.05, 4.69) is 48.2 Å². The quantitative estimate of drug-likeness (QED) is 0.626. The zero-order valence-electron chi connectivity index (χ0n) is 10.4. The van der Waals surface area contributed by atoms with Crippen molar-refractivity contribution < 1.29 is 0 Å². The zero-order valence-corrected chi connectivity index (χ0v) is 11.2. The molecule has 3 rings (SSSR count). The maximum atomic E-state index is 2.38.